The highest BCUT2D eigenvalue weighted by molar-refractivity contribution is 7.87. The zero-order chi connectivity index (χ0) is 11.5. The quantitative estimate of drug-likeness (QED) is 0.808. The van der Waals surface area contributed by atoms with Crippen LogP contribution in [0.1, 0.15) is 53.4 Å². The Bertz CT molecular complexity index is 220. The summed E-state index contributed by atoms with van der Waals surface area (Å²) in [4.78, 5) is 0. The summed E-state index contributed by atoms with van der Waals surface area (Å²) in [5, 5.41) is 3.89. The van der Waals surface area contributed by atoms with E-state index in [0.29, 0.717) is 11.3 Å². The second kappa shape index (κ2) is 5.44. The van der Waals surface area contributed by atoms with Crippen molar-refractivity contribution in [1.82, 2.24) is 5.32 Å². The average molecular weight is 231 g/mol. The summed E-state index contributed by atoms with van der Waals surface area (Å²) in [5.41, 5.74) is 0. The molecule has 0 bridgehead atoms. The molecule has 0 spiro atoms. The summed E-state index contributed by atoms with van der Waals surface area (Å²) in [7, 11) is -0.688. The molecule has 1 fully saturated rings. The molecule has 3 unspecified atom stereocenters. The number of rotatable bonds is 3. The predicted octanol–water partition coefficient (Wildman–Crippen LogP) is 2.45. The van der Waals surface area contributed by atoms with Crippen LogP contribution in [0.3, 0.4) is 0 Å². The van der Waals surface area contributed by atoms with E-state index in [1.807, 2.05) is 0 Å². The zero-order valence-corrected chi connectivity index (χ0v) is 11.3. The molecule has 0 aliphatic heterocycles. The van der Waals surface area contributed by atoms with Crippen LogP contribution in [0.2, 0.25) is 0 Å². The van der Waals surface area contributed by atoms with Gasteiger partial charge in [-0.15, -0.1) is 0 Å². The lowest BCUT2D eigenvalue weighted by Crippen LogP contribution is -2.41. The predicted molar refractivity (Wildman–Crippen MR) is 67.6 cm³/mol. The third kappa shape index (κ3) is 3.87. The van der Waals surface area contributed by atoms with E-state index in [2.05, 4.69) is 33.0 Å². The topological polar surface area (TPSA) is 29.1 Å². The molecule has 1 saturated carbocycles. The summed E-state index contributed by atoms with van der Waals surface area (Å²) in [5.74, 6) is 0. The molecule has 1 aliphatic rings. The van der Waals surface area contributed by atoms with E-state index < -0.39 is 10.8 Å². The van der Waals surface area contributed by atoms with Gasteiger partial charge in [-0.1, -0.05) is 13.3 Å². The highest BCUT2D eigenvalue weighted by Gasteiger charge is 2.31. The highest BCUT2D eigenvalue weighted by atomic mass is 32.2. The summed E-state index contributed by atoms with van der Waals surface area (Å²) >= 11 is 0. The zero-order valence-electron chi connectivity index (χ0n) is 10.5. The Morgan fingerprint density at radius 2 is 2.00 bits per heavy atom. The number of hydrogen-bond donors (Lipinski definition) is 1. The third-order valence-electron chi connectivity index (χ3n) is 3.03. The molecule has 2 nitrogen and oxygen atoms in total. The van der Waals surface area contributed by atoms with E-state index in [9.17, 15) is 4.21 Å². The van der Waals surface area contributed by atoms with Crippen molar-refractivity contribution in [2.45, 2.75) is 69.4 Å². The van der Waals surface area contributed by atoms with Crippen molar-refractivity contribution < 1.29 is 4.21 Å². The molecule has 3 heteroatoms. The molecule has 0 aromatic heterocycles. The SMILES string of the molecule is CCNC1CCCC(S(=O)C(C)(C)C)C1. The number of nitrogens with one attached hydrogen (secondary N) is 1. The maximum Gasteiger partial charge on any atom is 0.0377 e. The van der Waals surface area contributed by atoms with Crippen LogP contribution in [-0.2, 0) is 10.8 Å². The lowest BCUT2D eigenvalue weighted by molar-refractivity contribution is 0.381. The molecule has 1 rings (SSSR count). The summed E-state index contributed by atoms with van der Waals surface area (Å²) < 4.78 is 12.2. The molecule has 15 heavy (non-hydrogen) atoms. The summed E-state index contributed by atoms with van der Waals surface area (Å²) in [6.45, 7) is 9.42. The van der Waals surface area contributed by atoms with Gasteiger partial charge in [0.1, 0.15) is 0 Å². The van der Waals surface area contributed by atoms with Crippen LogP contribution in [0.25, 0.3) is 0 Å². The van der Waals surface area contributed by atoms with Crippen molar-refractivity contribution in [1.29, 1.82) is 0 Å². The van der Waals surface area contributed by atoms with Crippen molar-refractivity contribution in [3.8, 4) is 0 Å². The Labute approximate surface area is 96.7 Å². The molecule has 0 amide bonds. The summed E-state index contributed by atoms with van der Waals surface area (Å²) in [6, 6.07) is 0.597. The smallest absolute Gasteiger partial charge is 0.0377 e. The van der Waals surface area contributed by atoms with Crippen LogP contribution in [0.4, 0.5) is 0 Å². The van der Waals surface area contributed by atoms with Crippen LogP contribution >= 0.6 is 0 Å². The van der Waals surface area contributed by atoms with Crippen LogP contribution in [0.5, 0.6) is 0 Å². The summed E-state index contributed by atoms with van der Waals surface area (Å²) in [6.07, 6.45) is 4.72. The van der Waals surface area contributed by atoms with Crippen molar-refractivity contribution in [3.63, 3.8) is 0 Å². The van der Waals surface area contributed by atoms with Gasteiger partial charge in [0.05, 0.1) is 0 Å². The standard InChI is InChI=1S/C12H25NOS/c1-5-13-10-7-6-8-11(9-10)15(14)12(2,3)4/h10-11,13H,5-9H2,1-4H3. The van der Waals surface area contributed by atoms with Crippen molar-refractivity contribution in [3.05, 3.63) is 0 Å². The maximum atomic E-state index is 12.3. The third-order valence-corrected chi connectivity index (χ3v) is 5.27. The van der Waals surface area contributed by atoms with Gasteiger partial charge in [-0.05, 0) is 46.6 Å². The molecule has 0 aromatic carbocycles. The van der Waals surface area contributed by atoms with E-state index in [0.717, 1.165) is 19.4 Å². The first-order chi connectivity index (χ1) is 6.95. The van der Waals surface area contributed by atoms with E-state index in [4.69, 9.17) is 0 Å². The van der Waals surface area contributed by atoms with Crippen molar-refractivity contribution >= 4 is 10.8 Å². The molecule has 1 aliphatic carbocycles. The van der Waals surface area contributed by atoms with E-state index >= 15 is 0 Å². The molecule has 0 heterocycles. The first kappa shape index (κ1) is 13.2. The van der Waals surface area contributed by atoms with Gasteiger partial charge in [-0.2, -0.15) is 0 Å². The molecule has 3 atom stereocenters. The van der Waals surface area contributed by atoms with Crippen LogP contribution in [-0.4, -0.2) is 26.8 Å². The molecule has 0 aromatic rings. The molecular weight excluding hydrogens is 206 g/mol. The van der Waals surface area contributed by atoms with Gasteiger partial charge >= 0.3 is 0 Å². The van der Waals surface area contributed by atoms with E-state index in [1.165, 1.54) is 12.8 Å². The Balaban J connectivity index is 2.52. The Hall–Kier alpha value is 0.110. The minimum absolute atomic E-state index is 0.0568. The van der Waals surface area contributed by atoms with Gasteiger partial charge in [0.15, 0.2) is 0 Å². The Morgan fingerprint density at radius 3 is 2.53 bits per heavy atom. The van der Waals surface area contributed by atoms with Crippen molar-refractivity contribution in [2.24, 2.45) is 0 Å². The molecule has 90 valence electrons. The second-order valence-corrected chi connectivity index (χ2v) is 7.94. The van der Waals surface area contributed by atoms with Gasteiger partial charge in [0, 0.05) is 26.8 Å². The minimum atomic E-state index is -0.688. The maximum absolute atomic E-state index is 12.3. The lowest BCUT2D eigenvalue weighted by atomic mass is 9.95. The number of hydrogen-bond acceptors (Lipinski definition) is 2. The second-order valence-electron chi connectivity index (χ2n) is 5.45. The van der Waals surface area contributed by atoms with Crippen LogP contribution in [0.15, 0.2) is 0 Å². The van der Waals surface area contributed by atoms with Crippen LogP contribution < -0.4 is 5.32 Å². The fraction of sp³-hybridized carbons (Fsp3) is 1.00. The van der Waals surface area contributed by atoms with Gasteiger partial charge in [-0.3, -0.25) is 4.21 Å². The Morgan fingerprint density at radius 1 is 1.33 bits per heavy atom. The van der Waals surface area contributed by atoms with Gasteiger partial charge < -0.3 is 5.32 Å². The molecular formula is C12H25NOS. The molecule has 0 radical (unpaired) electrons. The van der Waals surface area contributed by atoms with Gasteiger partial charge in [-0.25, -0.2) is 0 Å². The van der Waals surface area contributed by atoms with E-state index in [-0.39, 0.29) is 4.75 Å². The normalized spacial score (nSPS) is 30.1. The monoisotopic (exact) mass is 231 g/mol. The van der Waals surface area contributed by atoms with Crippen molar-refractivity contribution in [2.75, 3.05) is 6.54 Å². The first-order valence-corrected chi connectivity index (χ1v) is 7.30. The molecule has 1 N–H and O–H groups in total. The van der Waals surface area contributed by atoms with Gasteiger partial charge in [0.25, 0.3) is 0 Å². The van der Waals surface area contributed by atoms with E-state index in [1.54, 1.807) is 0 Å². The first-order valence-electron chi connectivity index (χ1n) is 6.09. The highest BCUT2D eigenvalue weighted by Crippen LogP contribution is 2.28. The Kier molecular flexibility index (Phi) is 4.78. The average Bonchev–Trinajstić information content (AvgIpc) is 2.16. The fourth-order valence-corrected chi connectivity index (χ4v) is 4.10. The van der Waals surface area contributed by atoms with Gasteiger partial charge in [0.2, 0.25) is 0 Å². The minimum Gasteiger partial charge on any atom is -0.314 e. The fourth-order valence-electron chi connectivity index (χ4n) is 2.31. The largest absolute Gasteiger partial charge is 0.314 e. The van der Waals surface area contributed by atoms with Crippen LogP contribution in [0, 0.1) is 0 Å². The molecule has 0 saturated heterocycles. The lowest BCUT2D eigenvalue weighted by Gasteiger charge is -2.33.